The molecule has 6 heteroatoms. The molecule has 136 valence electrons. The van der Waals surface area contributed by atoms with E-state index in [1.807, 2.05) is 36.9 Å². The largest absolute Gasteiger partial charge is 0.479 e. The molecular formula is C19H26N2O4. The van der Waals surface area contributed by atoms with Crippen molar-refractivity contribution in [2.45, 2.75) is 51.9 Å². The Balaban J connectivity index is 2.11. The van der Waals surface area contributed by atoms with Gasteiger partial charge in [0.25, 0.3) is 0 Å². The number of rotatable bonds is 8. The Morgan fingerprint density at radius 3 is 2.48 bits per heavy atom. The minimum Gasteiger partial charge on any atom is -0.479 e. The molecular weight excluding hydrogens is 320 g/mol. The van der Waals surface area contributed by atoms with Crippen LogP contribution in [0.3, 0.4) is 0 Å². The SMILES string of the molecule is [2H]NC(=O)Cc1ccc(CC2(/C(C)=N/OCC(=O)O)CCCCC2)cc1. The van der Waals surface area contributed by atoms with Crippen LogP contribution in [-0.4, -0.2) is 29.3 Å². The average molecular weight is 347 g/mol. The van der Waals surface area contributed by atoms with Gasteiger partial charge in [0.15, 0.2) is 1.41 Å². The number of hydrogen-bond donors (Lipinski definition) is 2. The third-order valence-corrected chi connectivity index (χ3v) is 4.90. The zero-order valence-electron chi connectivity index (χ0n) is 15.6. The number of primary amides is 1. The maximum Gasteiger partial charge on any atom is 0.344 e. The second kappa shape index (κ2) is 8.65. The van der Waals surface area contributed by atoms with Crippen molar-refractivity contribution in [3.05, 3.63) is 35.4 Å². The number of carboxylic acid groups (broad SMARTS) is 1. The van der Waals surface area contributed by atoms with Gasteiger partial charge in [-0.2, -0.15) is 0 Å². The topological polar surface area (TPSA) is 102 Å². The number of nitrogens with two attached hydrogens (primary N) is 1. The molecule has 1 amide bonds. The average Bonchev–Trinajstić information content (AvgIpc) is 2.63. The monoisotopic (exact) mass is 347 g/mol. The summed E-state index contributed by atoms with van der Waals surface area (Å²) in [4.78, 5) is 26.9. The number of aliphatic carboxylic acids is 1. The quantitative estimate of drug-likeness (QED) is 0.557. The van der Waals surface area contributed by atoms with Crippen LogP contribution in [-0.2, 0) is 27.3 Å². The highest BCUT2D eigenvalue weighted by Crippen LogP contribution is 2.40. The third-order valence-electron chi connectivity index (χ3n) is 4.90. The number of carboxylic acids is 1. The highest BCUT2D eigenvalue weighted by molar-refractivity contribution is 5.88. The highest BCUT2D eigenvalue weighted by atomic mass is 16.6. The van der Waals surface area contributed by atoms with E-state index < -0.39 is 12.6 Å². The lowest BCUT2D eigenvalue weighted by atomic mass is 9.67. The van der Waals surface area contributed by atoms with Gasteiger partial charge in [-0.3, -0.25) is 4.79 Å². The van der Waals surface area contributed by atoms with Gasteiger partial charge in [-0.25, -0.2) is 4.79 Å². The fraction of sp³-hybridized carbons (Fsp3) is 0.526. The van der Waals surface area contributed by atoms with Gasteiger partial charge in [-0.15, -0.1) is 0 Å². The molecule has 0 aromatic heterocycles. The first kappa shape index (κ1) is 17.5. The molecule has 0 aliphatic heterocycles. The lowest BCUT2D eigenvalue weighted by Crippen LogP contribution is -2.34. The molecule has 0 spiro atoms. The molecule has 1 fully saturated rings. The molecule has 1 aliphatic rings. The first-order valence-corrected chi connectivity index (χ1v) is 8.62. The van der Waals surface area contributed by atoms with Crippen molar-refractivity contribution >= 4 is 17.6 Å². The summed E-state index contributed by atoms with van der Waals surface area (Å²) in [5.74, 6) is -1.37. The fourth-order valence-corrected chi connectivity index (χ4v) is 3.53. The second-order valence-electron chi connectivity index (χ2n) is 6.78. The fourth-order valence-electron chi connectivity index (χ4n) is 3.53. The van der Waals surface area contributed by atoms with Crippen LogP contribution in [0.1, 0.15) is 50.2 Å². The Morgan fingerprint density at radius 2 is 1.88 bits per heavy atom. The van der Waals surface area contributed by atoms with Crippen LogP contribution in [0.2, 0.25) is 1.41 Å². The number of carbonyl (C=O) groups is 2. The maximum absolute atomic E-state index is 11.3. The van der Waals surface area contributed by atoms with Crippen LogP contribution in [0.5, 0.6) is 0 Å². The van der Waals surface area contributed by atoms with Crippen molar-refractivity contribution in [2.24, 2.45) is 16.3 Å². The number of oxime groups is 1. The number of benzene rings is 1. The van der Waals surface area contributed by atoms with Crippen LogP contribution < -0.4 is 5.73 Å². The zero-order valence-corrected chi connectivity index (χ0v) is 14.6. The predicted molar refractivity (Wildman–Crippen MR) is 95.3 cm³/mol. The third kappa shape index (κ3) is 5.59. The lowest BCUT2D eigenvalue weighted by Gasteiger charge is -2.37. The predicted octanol–water partition coefficient (Wildman–Crippen LogP) is 2.68. The van der Waals surface area contributed by atoms with E-state index in [1.165, 1.54) is 6.42 Å². The van der Waals surface area contributed by atoms with Gasteiger partial charge in [0.1, 0.15) is 0 Å². The normalized spacial score (nSPS) is 17.5. The van der Waals surface area contributed by atoms with E-state index in [0.717, 1.165) is 48.9 Å². The van der Waals surface area contributed by atoms with Crippen molar-refractivity contribution in [3.8, 4) is 0 Å². The summed E-state index contributed by atoms with van der Waals surface area (Å²) in [5.41, 5.74) is 4.63. The van der Waals surface area contributed by atoms with Crippen LogP contribution in [0.15, 0.2) is 29.4 Å². The standard InChI is InChI=1S/C19H26N2O4/c1-14(21-25-13-18(23)24)19(9-3-2-4-10-19)12-16-7-5-15(6-8-16)11-17(20)22/h5-8H,2-4,9-13H2,1H3,(H2,20,22)(H,23,24)/b21-14+/i/hD. The molecule has 1 aromatic carbocycles. The maximum atomic E-state index is 11.3. The van der Waals surface area contributed by atoms with Crippen molar-refractivity contribution in [1.82, 2.24) is 0 Å². The van der Waals surface area contributed by atoms with E-state index >= 15 is 0 Å². The molecule has 0 unspecified atom stereocenters. The van der Waals surface area contributed by atoms with E-state index in [2.05, 4.69) is 5.16 Å². The van der Waals surface area contributed by atoms with Crippen molar-refractivity contribution < 1.29 is 20.9 Å². The zero-order chi connectivity index (χ0) is 19.0. The van der Waals surface area contributed by atoms with Gasteiger partial charge in [-0.05, 0) is 37.3 Å². The minimum atomic E-state index is -1.04. The lowest BCUT2D eigenvalue weighted by molar-refractivity contribution is -0.142. The van der Waals surface area contributed by atoms with Crippen molar-refractivity contribution in [2.75, 3.05) is 6.61 Å². The molecule has 6 nitrogen and oxygen atoms in total. The Bertz CT molecular complexity index is 652. The Kier molecular flexibility index (Phi) is 6.04. The number of hydrogen-bond acceptors (Lipinski definition) is 4. The Hall–Kier alpha value is -2.37. The smallest absolute Gasteiger partial charge is 0.344 e. The molecule has 0 heterocycles. The molecule has 0 atom stereocenters. The molecule has 1 aliphatic carbocycles. The van der Waals surface area contributed by atoms with E-state index in [0.29, 0.717) is 0 Å². The summed E-state index contributed by atoms with van der Waals surface area (Å²) < 4.78 is 6.86. The van der Waals surface area contributed by atoms with E-state index in [9.17, 15) is 9.59 Å². The summed E-state index contributed by atoms with van der Waals surface area (Å²) in [6, 6.07) is 7.84. The summed E-state index contributed by atoms with van der Waals surface area (Å²) in [5, 5.41) is 12.8. The van der Waals surface area contributed by atoms with Crippen molar-refractivity contribution in [1.29, 1.82) is 0 Å². The van der Waals surface area contributed by atoms with E-state index in [1.54, 1.807) is 0 Å². The van der Waals surface area contributed by atoms with Crippen LogP contribution >= 0.6 is 0 Å². The molecule has 1 saturated carbocycles. The first-order valence-electron chi connectivity index (χ1n) is 9.12. The second-order valence-corrected chi connectivity index (χ2v) is 6.78. The summed E-state index contributed by atoms with van der Waals surface area (Å²) in [6.07, 6.45) is 6.44. The first-order chi connectivity index (χ1) is 12.4. The van der Waals surface area contributed by atoms with Gasteiger partial charge in [0.2, 0.25) is 12.5 Å². The Morgan fingerprint density at radius 1 is 1.24 bits per heavy atom. The van der Waals surface area contributed by atoms with Crippen molar-refractivity contribution in [3.63, 3.8) is 0 Å². The Labute approximate surface area is 149 Å². The molecule has 1 aromatic rings. The number of carbonyl (C=O) groups excluding carboxylic acids is 1. The minimum absolute atomic E-state index is 0.114. The molecule has 25 heavy (non-hydrogen) atoms. The molecule has 3 N–H and O–H groups in total. The van der Waals surface area contributed by atoms with Gasteiger partial charge < -0.3 is 15.7 Å². The highest BCUT2D eigenvalue weighted by Gasteiger charge is 2.35. The number of nitrogens with zero attached hydrogens (tertiary/aromatic N) is 1. The van der Waals surface area contributed by atoms with Gasteiger partial charge in [-0.1, -0.05) is 48.7 Å². The van der Waals surface area contributed by atoms with Crippen LogP contribution in [0.25, 0.3) is 0 Å². The molecule has 0 radical (unpaired) electrons. The summed E-state index contributed by atoms with van der Waals surface area (Å²) >= 11 is 0. The van der Waals surface area contributed by atoms with Gasteiger partial charge >= 0.3 is 5.97 Å². The summed E-state index contributed by atoms with van der Waals surface area (Å²) in [7, 11) is 0. The van der Waals surface area contributed by atoms with Crippen LogP contribution in [0.4, 0.5) is 0 Å². The molecule has 2 rings (SSSR count). The van der Waals surface area contributed by atoms with Gasteiger partial charge in [0.05, 0.1) is 12.1 Å². The molecule has 0 bridgehead atoms. The van der Waals surface area contributed by atoms with E-state index in [4.69, 9.17) is 11.4 Å². The van der Waals surface area contributed by atoms with Gasteiger partial charge in [0, 0.05) is 5.41 Å². The molecule has 0 saturated heterocycles. The summed E-state index contributed by atoms with van der Waals surface area (Å²) in [6.45, 7) is 1.49. The van der Waals surface area contributed by atoms with E-state index in [-0.39, 0.29) is 17.7 Å². The number of amides is 1. The van der Waals surface area contributed by atoms with Crippen LogP contribution in [0, 0.1) is 5.41 Å².